The molecule has 2 rings (SSSR count). The molecule has 0 aliphatic carbocycles. The Bertz CT molecular complexity index is 607. The summed E-state index contributed by atoms with van der Waals surface area (Å²) in [6.07, 6.45) is 0.814. The second-order valence-electron chi connectivity index (χ2n) is 4.68. The lowest BCUT2D eigenvalue weighted by atomic mass is 10.1. The summed E-state index contributed by atoms with van der Waals surface area (Å²) in [5.41, 5.74) is 1.11. The Morgan fingerprint density at radius 2 is 1.90 bits per heavy atom. The summed E-state index contributed by atoms with van der Waals surface area (Å²) < 4.78 is 13.6. The zero-order chi connectivity index (χ0) is 15.2. The van der Waals surface area contributed by atoms with Crippen LogP contribution in [0.3, 0.4) is 0 Å². The van der Waals surface area contributed by atoms with Crippen molar-refractivity contribution in [1.82, 2.24) is 5.32 Å². The summed E-state index contributed by atoms with van der Waals surface area (Å²) in [6.45, 7) is 0. The van der Waals surface area contributed by atoms with Crippen LogP contribution in [0.4, 0.5) is 4.39 Å². The van der Waals surface area contributed by atoms with E-state index in [1.165, 1.54) is 17.8 Å². The minimum Gasteiger partial charge on any atom is -0.316 e. The lowest BCUT2D eigenvalue weighted by Crippen LogP contribution is -2.30. The van der Waals surface area contributed by atoms with E-state index in [0.29, 0.717) is 14.9 Å². The van der Waals surface area contributed by atoms with Crippen LogP contribution in [0, 0.1) is 5.82 Å². The van der Waals surface area contributed by atoms with E-state index in [2.05, 4.69) is 5.32 Å². The second kappa shape index (κ2) is 8.04. The summed E-state index contributed by atoms with van der Waals surface area (Å²) in [6, 6.07) is 12.7. The SMILES string of the molecule is CNC(CSc1ccccc1F)Cc1ccc(Cl)c(Cl)c1. The number of likely N-dealkylation sites (N-methyl/N-ethyl adjacent to an activating group) is 1. The highest BCUT2D eigenvalue weighted by Crippen LogP contribution is 2.25. The van der Waals surface area contributed by atoms with Gasteiger partial charge in [-0.05, 0) is 43.3 Å². The van der Waals surface area contributed by atoms with E-state index in [9.17, 15) is 4.39 Å². The molecular weight excluding hydrogens is 328 g/mol. The normalized spacial score (nSPS) is 12.4. The van der Waals surface area contributed by atoms with Crippen molar-refractivity contribution in [3.05, 3.63) is 63.9 Å². The van der Waals surface area contributed by atoms with Gasteiger partial charge in [-0.15, -0.1) is 11.8 Å². The van der Waals surface area contributed by atoms with Crippen molar-refractivity contribution in [3.8, 4) is 0 Å². The molecule has 0 fully saturated rings. The molecule has 0 amide bonds. The Morgan fingerprint density at radius 3 is 2.57 bits per heavy atom. The maximum Gasteiger partial charge on any atom is 0.136 e. The Kier molecular flexibility index (Phi) is 6.37. The molecule has 1 unspecified atom stereocenters. The van der Waals surface area contributed by atoms with Gasteiger partial charge in [0, 0.05) is 16.7 Å². The average Bonchev–Trinajstić information content (AvgIpc) is 2.48. The largest absolute Gasteiger partial charge is 0.316 e. The van der Waals surface area contributed by atoms with Crippen molar-refractivity contribution in [2.75, 3.05) is 12.8 Å². The molecule has 0 radical (unpaired) electrons. The molecular formula is C16H16Cl2FNS. The molecule has 0 aliphatic heterocycles. The Labute approximate surface area is 138 Å². The lowest BCUT2D eigenvalue weighted by Gasteiger charge is -2.16. The predicted molar refractivity (Wildman–Crippen MR) is 90.1 cm³/mol. The van der Waals surface area contributed by atoms with Crippen LogP contribution in [0.15, 0.2) is 47.4 Å². The van der Waals surface area contributed by atoms with Gasteiger partial charge in [0.25, 0.3) is 0 Å². The number of benzene rings is 2. The van der Waals surface area contributed by atoms with Gasteiger partial charge in [-0.3, -0.25) is 0 Å². The first-order valence-electron chi connectivity index (χ1n) is 6.58. The predicted octanol–water partition coefficient (Wildman–Crippen LogP) is 5.06. The molecule has 2 aromatic carbocycles. The van der Waals surface area contributed by atoms with Crippen LogP contribution >= 0.6 is 35.0 Å². The standard InChI is InChI=1S/C16H16Cl2FNS/c1-20-12(8-11-6-7-13(17)14(18)9-11)10-21-16-5-3-2-4-15(16)19/h2-7,9,12,20H,8,10H2,1H3. The lowest BCUT2D eigenvalue weighted by molar-refractivity contribution is 0.598. The summed E-state index contributed by atoms with van der Waals surface area (Å²) in [5, 5.41) is 4.37. The molecule has 21 heavy (non-hydrogen) atoms. The first kappa shape index (κ1) is 16.6. The molecule has 0 heterocycles. The van der Waals surface area contributed by atoms with Gasteiger partial charge in [-0.1, -0.05) is 41.4 Å². The van der Waals surface area contributed by atoms with Gasteiger partial charge >= 0.3 is 0 Å². The van der Waals surface area contributed by atoms with Crippen LogP contribution in [0.5, 0.6) is 0 Å². The summed E-state index contributed by atoms with van der Waals surface area (Å²) >= 11 is 13.5. The smallest absolute Gasteiger partial charge is 0.136 e. The maximum absolute atomic E-state index is 13.6. The third kappa shape index (κ3) is 4.89. The summed E-state index contributed by atoms with van der Waals surface area (Å²) in [7, 11) is 1.91. The molecule has 1 N–H and O–H groups in total. The van der Waals surface area contributed by atoms with Gasteiger partial charge in [0.2, 0.25) is 0 Å². The van der Waals surface area contributed by atoms with E-state index in [1.807, 2.05) is 25.2 Å². The third-order valence-corrected chi connectivity index (χ3v) is 5.10. The Hall–Kier alpha value is -0.740. The van der Waals surface area contributed by atoms with Crippen molar-refractivity contribution >= 4 is 35.0 Å². The van der Waals surface area contributed by atoms with Crippen molar-refractivity contribution in [3.63, 3.8) is 0 Å². The monoisotopic (exact) mass is 343 g/mol. The van der Waals surface area contributed by atoms with Gasteiger partial charge < -0.3 is 5.32 Å². The van der Waals surface area contributed by atoms with Crippen LogP contribution in [0.25, 0.3) is 0 Å². The summed E-state index contributed by atoms with van der Waals surface area (Å²) in [5.74, 6) is 0.601. The molecule has 0 aliphatic rings. The molecule has 0 bridgehead atoms. The molecule has 0 spiro atoms. The van der Waals surface area contributed by atoms with Gasteiger partial charge in [-0.25, -0.2) is 4.39 Å². The van der Waals surface area contributed by atoms with E-state index < -0.39 is 0 Å². The molecule has 1 atom stereocenters. The number of hydrogen-bond donors (Lipinski definition) is 1. The number of halogens is 3. The summed E-state index contributed by atoms with van der Waals surface area (Å²) in [4.78, 5) is 0.673. The molecule has 1 nitrogen and oxygen atoms in total. The molecule has 5 heteroatoms. The van der Waals surface area contributed by atoms with Crippen LogP contribution in [0.1, 0.15) is 5.56 Å². The molecule has 0 saturated carbocycles. The van der Waals surface area contributed by atoms with Crippen molar-refractivity contribution in [2.45, 2.75) is 17.4 Å². The van der Waals surface area contributed by atoms with Crippen LogP contribution in [-0.4, -0.2) is 18.8 Å². The highest BCUT2D eigenvalue weighted by atomic mass is 35.5. The van der Waals surface area contributed by atoms with Crippen LogP contribution in [-0.2, 0) is 6.42 Å². The minimum absolute atomic E-state index is 0.174. The van der Waals surface area contributed by atoms with Crippen molar-refractivity contribution in [2.24, 2.45) is 0 Å². The molecule has 112 valence electrons. The van der Waals surface area contributed by atoms with Gasteiger partial charge in [-0.2, -0.15) is 0 Å². The number of rotatable bonds is 6. The van der Waals surface area contributed by atoms with Crippen molar-refractivity contribution < 1.29 is 4.39 Å². The Balaban J connectivity index is 1.97. The molecule has 0 saturated heterocycles. The molecule has 0 aromatic heterocycles. The van der Waals surface area contributed by atoms with E-state index in [0.717, 1.165) is 17.7 Å². The third-order valence-electron chi connectivity index (χ3n) is 3.15. The maximum atomic E-state index is 13.6. The quantitative estimate of drug-likeness (QED) is 0.736. The number of hydrogen-bond acceptors (Lipinski definition) is 2. The van der Waals surface area contributed by atoms with Crippen LogP contribution < -0.4 is 5.32 Å². The first-order valence-corrected chi connectivity index (χ1v) is 8.33. The number of thioether (sulfide) groups is 1. The van der Waals surface area contributed by atoms with E-state index in [4.69, 9.17) is 23.2 Å². The average molecular weight is 344 g/mol. The molecule has 2 aromatic rings. The highest BCUT2D eigenvalue weighted by Gasteiger charge is 2.11. The fourth-order valence-corrected chi connectivity index (χ4v) is 3.31. The topological polar surface area (TPSA) is 12.0 Å². The minimum atomic E-state index is -0.174. The number of nitrogens with one attached hydrogen (secondary N) is 1. The first-order chi connectivity index (χ1) is 10.1. The highest BCUT2D eigenvalue weighted by molar-refractivity contribution is 7.99. The van der Waals surface area contributed by atoms with Crippen molar-refractivity contribution in [1.29, 1.82) is 0 Å². The fourth-order valence-electron chi connectivity index (χ4n) is 1.95. The van der Waals surface area contributed by atoms with Gasteiger partial charge in [0.05, 0.1) is 10.0 Å². The second-order valence-corrected chi connectivity index (χ2v) is 6.56. The van der Waals surface area contributed by atoms with E-state index >= 15 is 0 Å². The van der Waals surface area contributed by atoms with E-state index in [1.54, 1.807) is 18.2 Å². The van der Waals surface area contributed by atoms with Gasteiger partial charge in [0.15, 0.2) is 0 Å². The van der Waals surface area contributed by atoms with Crippen LogP contribution in [0.2, 0.25) is 10.0 Å². The fraction of sp³-hybridized carbons (Fsp3) is 0.250. The van der Waals surface area contributed by atoms with Gasteiger partial charge in [0.1, 0.15) is 5.82 Å². The Morgan fingerprint density at radius 1 is 1.14 bits per heavy atom. The zero-order valence-corrected chi connectivity index (χ0v) is 13.9. The van der Waals surface area contributed by atoms with E-state index in [-0.39, 0.29) is 11.9 Å². The zero-order valence-electron chi connectivity index (χ0n) is 11.6.